The lowest BCUT2D eigenvalue weighted by Gasteiger charge is -2.34. The Morgan fingerprint density at radius 2 is 1.09 bits per heavy atom. The maximum Gasteiger partial charge on any atom is 0.0714 e. The highest BCUT2D eigenvalue weighted by Crippen LogP contribution is 2.56. The van der Waals surface area contributed by atoms with Crippen LogP contribution in [0.5, 0.6) is 0 Å². The molecule has 1 heteroatoms. The number of anilines is 2. The standard InChI is InChI=1S/C32H25N/c1-23-11-10-16-26(21-23)33-27-19-20-29-28-17-8-9-18-30(28)32(31(29)22-27,24-12-4-2-5-13-24)25-14-6-3-7-15-25/h2-22,33H,1H3. The van der Waals surface area contributed by atoms with Crippen molar-refractivity contribution in [1.82, 2.24) is 0 Å². The largest absolute Gasteiger partial charge is 0.356 e. The second-order valence-corrected chi connectivity index (χ2v) is 8.78. The van der Waals surface area contributed by atoms with Crippen LogP contribution >= 0.6 is 0 Å². The predicted molar refractivity (Wildman–Crippen MR) is 138 cm³/mol. The van der Waals surface area contributed by atoms with Crippen LogP contribution in [0.15, 0.2) is 127 Å². The molecule has 1 aliphatic carbocycles. The van der Waals surface area contributed by atoms with Crippen molar-refractivity contribution < 1.29 is 0 Å². The second-order valence-electron chi connectivity index (χ2n) is 8.78. The Morgan fingerprint density at radius 1 is 0.485 bits per heavy atom. The van der Waals surface area contributed by atoms with E-state index in [1.165, 1.54) is 38.9 Å². The van der Waals surface area contributed by atoms with Crippen LogP contribution in [0.1, 0.15) is 27.8 Å². The second kappa shape index (κ2) is 7.79. The average molecular weight is 424 g/mol. The minimum Gasteiger partial charge on any atom is -0.356 e. The fraction of sp³-hybridized carbons (Fsp3) is 0.0625. The van der Waals surface area contributed by atoms with Crippen molar-refractivity contribution in [3.05, 3.63) is 155 Å². The monoisotopic (exact) mass is 423 g/mol. The van der Waals surface area contributed by atoms with Crippen molar-refractivity contribution in [1.29, 1.82) is 0 Å². The molecule has 0 saturated heterocycles. The van der Waals surface area contributed by atoms with E-state index in [9.17, 15) is 0 Å². The molecule has 0 bridgehead atoms. The van der Waals surface area contributed by atoms with Gasteiger partial charge < -0.3 is 5.32 Å². The van der Waals surface area contributed by atoms with Crippen molar-refractivity contribution in [3.63, 3.8) is 0 Å². The summed E-state index contributed by atoms with van der Waals surface area (Å²) in [5.74, 6) is 0. The molecule has 0 atom stereocenters. The van der Waals surface area contributed by atoms with E-state index in [2.05, 4.69) is 140 Å². The summed E-state index contributed by atoms with van der Waals surface area (Å²) < 4.78 is 0. The third-order valence-electron chi connectivity index (χ3n) is 6.77. The molecule has 0 spiro atoms. The lowest BCUT2D eigenvalue weighted by Crippen LogP contribution is -2.28. The van der Waals surface area contributed by atoms with Crippen molar-refractivity contribution in [2.45, 2.75) is 12.3 Å². The summed E-state index contributed by atoms with van der Waals surface area (Å²) in [6, 6.07) is 46.1. The topological polar surface area (TPSA) is 12.0 Å². The first-order valence-corrected chi connectivity index (χ1v) is 11.5. The predicted octanol–water partition coefficient (Wildman–Crippen LogP) is 8.10. The molecule has 158 valence electrons. The van der Waals surface area contributed by atoms with Gasteiger partial charge in [0.2, 0.25) is 0 Å². The zero-order valence-corrected chi connectivity index (χ0v) is 18.6. The Morgan fingerprint density at radius 3 is 1.79 bits per heavy atom. The molecule has 0 amide bonds. The zero-order chi connectivity index (χ0) is 22.3. The Hall–Kier alpha value is -4.10. The van der Waals surface area contributed by atoms with Gasteiger partial charge in [0.05, 0.1) is 5.41 Å². The maximum absolute atomic E-state index is 3.64. The summed E-state index contributed by atoms with van der Waals surface area (Å²) >= 11 is 0. The number of hydrogen-bond donors (Lipinski definition) is 1. The van der Waals surface area contributed by atoms with E-state index in [1.807, 2.05) is 0 Å². The fourth-order valence-electron chi connectivity index (χ4n) is 5.41. The summed E-state index contributed by atoms with van der Waals surface area (Å²) in [4.78, 5) is 0. The van der Waals surface area contributed by atoms with Crippen LogP contribution in [0.25, 0.3) is 11.1 Å². The van der Waals surface area contributed by atoms with Crippen molar-refractivity contribution in [2.24, 2.45) is 0 Å². The fourth-order valence-corrected chi connectivity index (χ4v) is 5.41. The SMILES string of the molecule is Cc1cccc(Nc2ccc3c(c2)C(c2ccccc2)(c2ccccc2)c2ccccc2-3)c1. The molecule has 1 nitrogen and oxygen atoms in total. The molecule has 33 heavy (non-hydrogen) atoms. The molecule has 0 aliphatic heterocycles. The molecule has 0 heterocycles. The summed E-state index contributed by atoms with van der Waals surface area (Å²) in [5.41, 5.74) is 10.9. The zero-order valence-electron chi connectivity index (χ0n) is 18.6. The van der Waals surface area contributed by atoms with Crippen LogP contribution < -0.4 is 5.32 Å². The van der Waals surface area contributed by atoms with Crippen LogP contribution in [0, 0.1) is 6.92 Å². The van der Waals surface area contributed by atoms with Gasteiger partial charge in [-0.05, 0) is 70.1 Å². The van der Waals surface area contributed by atoms with E-state index >= 15 is 0 Å². The van der Waals surface area contributed by atoms with E-state index in [0.717, 1.165) is 11.4 Å². The first-order chi connectivity index (χ1) is 16.3. The average Bonchev–Trinajstić information content (AvgIpc) is 3.16. The van der Waals surface area contributed by atoms with Gasteiger partial charge in [0.15, 0.2) is 0 Å². The molecule has 0 radical (unpaired) electrons. The van der Waals surface area contributed by atoms with Gasteiger partial charge in [-0.3, -0.25) is 0 Å². The molecule has 6 rings (SSSR count). The molecule has 1 N–H and O–H groups in total. The Kier molecular flexibility index (Phi) is 4.62. The van der Waals surface area contributed by atoms with Crippen LogP contribution in [-0.4, -0.2) is 0 Å². The number of hydrogen-bond acceptors (Lipinski definition) is 1. The number of rotatable bonds is 4. The number of aryl methyl sites for hydroxylation is 1. The highest BCUT2D eigenvalue weighted by Gasteiger charge is 2.45. The number of fused-ring (bicyclic) bond motifs is 3. The van der Waals surface area contributed by atoms with E-state index in [0.29, 0.717) is 0 Å². The summed E-state index contributed by atoms with van der Waals surface area (Å²) in [6.07, 6.45) is 0. The normalized spacial score (nSPS) is 13.2. The van der Waals surface area contributed by atoms with Crippen molar-refractivity contribution in [2.75, 3.05) is 5.32 Å². The quantitative estimate of drug-likeness (QED) is 0.302. The van der Waals surface area contributed by atoms with E-state index in [-0.39, 0.29) is 5.41 Å². The molecule has 5 aromatic carbocycles. The van der Waals surface area contributed by atoms with E-state index in [1.54, 1.807) is 0 Å². The van der Waals surface area contributed by atoms with Crippen molar-refractivity contribution in [3.8, 4) is 11.1 Å². The summed E-state index contributed by atoms with van der Waals surface area (Å²) in [5, 5.41) is 3.64. The molecule has 1 aliphatic rings. The molecule has 0 unspecified atom stereocenters. The molecule has 5 aromatic rings. The molecular weight excluding hydrogens is 398 g/mol. The molecule has 0 fully saturated rings. The molecular formula is C32H25N. The van der Waals surface area contributed by atoms with Crippen LogP contribution in [-0.2, 0) is 5.41 Å². The van der Waals surface area contributed by atoms with E-state index < -0.39 is 0 Å². The Balaban J connectivity index is 1.64. The number of benzene rings is 5. The van der Waals surface area contributed by atoms with Crippen LogP contribution in [0.3, 0.4) is 0 Å². The van der Waals surface area contributed by atoms with Gasteiger partial charge in [-0.2, -0.15) is 0 Å². The Bertz CT molecular complexity index is 1390. The van der Waals surface area contributed by atoms with Gasteiger partial charge in [0, 0.05) is 11.4 Å². The highest BCUT2D eigenvalue weighted by atomic mass is 14.9. The lowest BCUT2D eigenvalue weighted by atomic mass is 9.67. The van der Waals surface area contributed by atoms with Gasteiger partial charge in [-0.1, -0.05) is 103 Å². The van der Waals surface area contributed by atoms with Crippen molar-refractivity contribution >= 4 is 11.4 Å². The third kappa shape index (κ3) is 3.08. The Labute approximate surface area is 195 Å². The van der Waals surface area contributed by atoms with Gasteiger partial charge in [0.1, 0.15) is 0 Å². The lowest BCUT2D eigenvalue weighted by molar-refractivity contribution is 0.769. The van der Waals surface area contributed by atoms with Crippen LogP contribution in [0.2, 0.25) is 0 Å². The first-order valence-electron chi connectivity index (χ1n) is 11.5. The smallest absolute Gasteiger partial charge is 0.0714 e. The highest BCUT2D eigenvalue weighted by molar-refractivity contribution is 5.87. The van der Waals surface area contributed by atoms with Gasteiger partial charge in [-0.25, -0.2) is 0 Å². The maximum atomic E-state index is 3.64. The van der Waals surface area contributed by atoms with Crippen LogP contribution in [0.4, 0.5) is 11.4 Å². The van der Waals surface area contributed by atoms with Gasteiger partial charge in [-0.15, -0.1) is 0 Å². The molecule has 0 saturated carbocycles. The summed E-state index contributed by atoms with van der Waals surface area (Å²) in [6.45, 7) is 2.13. The first kappa shape index (κ1) is 19.6. The number of nitrogens with one attached hydrogen (secondary N) is 1. The minimum absolute atomic E-state index is 0.362. The van der Waals surface area contributed by atoms with E-state index in [4.69, 9.17) is 0 Å². The van der Waals surface area contributed by atoms with Gasteiger partial charge in [0.25, 0.3) is 0 Å². The summed E-state index contributed by atoms with van der Waals surface area (Å²) in [7, 11) is 0. The minimum atomic E-state index is -0.362. The van der Waals surface area contributed by atoms with Gasteiger partial charge >= 0.3 is 0 Å². The molecule has 0 aromatic heterocycles. The third-order valence-corrected chi connectivity index (χ3v) is 6.77.